The quantitative estimate of drug-likeness (QED) is 0.511. The van der Waals surface area contributed by atoms with Crippen molar-refractivity contribution in [3.8, 4) is 5.75 Å². The van der Waals surface area contributed by atoms with Crippen LogP contribution in [0.4, 0.5) is 5.82 Å². The summed E-state index contributed by atoms with van der Waals surface area (Å²) in [4.78, 5) is 25.3. The van der Waals surface area contributed by atoms with Gasteiger partial charge in [-0.2, -0.15) is 0 Å². The second-order valence-corrected chi connectivity index (χ2v) is 10.6. The van der Waals surface area contributed by atoms with E-state index in [-0.39, 0.29) is 23.5 Å². The smallest absolute Gasteiger partial charge is 0.263 e. The van der Waals surface area contributed by atoms with Gasteiger partial charge in [0.1, 0.15) is 0 Å². The number of amides is 1. The molecule has 0 saturated heterocycles. The number of carbonyl (C=O) groups is 1. The molecule has 0 aromatic carbocycles. The van der Waals surface area contributed by atoms with E-state index in [0.717, 1.165) is 66.5 Å². The number of halogens is 1. The molecule has 3 fully saturated rings. The van der Waals surface area contributed by atoms with Crippen LogP contribution < -0.4 is 15.4 Å². The number of carbonyl (C=O) groups excluding carboxylic acids is 1. The van der Waals surface area contributed by atoms with Crippen LogP contribution in [0.15, 0.2) is 36.5 Å². The number of anilines is 1. The van der Waals surface area contributed by atoms with E-state index in [4.69, 9.17) is 21.3 Å². The molecule has 3 aliphatic carbocycles. The third kappa shape index (κ3) is 4.28. The van der Waals surface area contributed by atoms with Gasteiger partial charge in [0.15, 0.2) is 18.2 Å². The molecule has 1 amide bonds. The molecule has 4 heterocycles. The fourth-order valence-corrected chi connectivity index (χ4v) is 5.89. The molecule has 180 valence electrons. The molecule has 7 nitrogen and oxygen atoms in total. The van der Waals surface area contributed by atoms with Crippen molar-refractivity contribution in [3.05, 3.63) is 58.5 Å². The fraction of sp³-hybridized carbons (Fsp3) is 0.407. The van der Waals surface area contributed by atoms with Gasteiger partial charge >= 0.3 is 0 Å². The van der Waals surface area contributed by atoms with E-state index in [9.17, 15) is 4.79 Å². The molecular weight excluding hydrogens is 462 g/mol. The monoisotopic (exact) mass is 489 g/mol. The molecule has 0 spiro atoms. The number of allylic oxidation sites excluding steroid dienone is 1. The van der Waals surface area contributed by atoms with Crippen molar-refractivity contribution in [2.24, 2.45) is 5.41 Å². The molecule has 1 aliphatic heterocycles. The molecule has 35 heavy (non-hydrogen) atoms. The zero-order chi connectivity index (χ0) is 24.0. The first-order valence-electron chi connectivity index (χ1n) is 12.2. The van der Waals surface area contributed by atoms with Crippen LogP contribution in [0.1, 0.15) is 55.5 Å². The SMILES string of the molecule is Cc1ccc2ncc(Cl)c(/C=C\C34CCC(NCc5ccc6c(n5)NC(=O)CO6)(CC3)CC4)c2n1. The average Bonchev–Trinajstić information content (AvgIpc) is 2.88. The van der Waals surface area contributed by atoms with Crippen molar-refractivity contribution < 1.29 is 9.53 Å². The maximum Gasteiger partial charge on any atom is 0.263 e. The van der Waals surface area contributed by atoms with Crippen molar-refractivity contribution in [1.82, 2.24) is 20.3 Å². The number of ether oxygens (including phenoxy) is 1. The van der Waals surface area contributed by atoms with Crippen molar-refractivity contribution >= 4 is 40.4 Å². The molecule has 4 aliphatic rings. The number of fused-ring (bicyclic) bond motifs is 5. The lowest BCUT2D eigenvalue weighted by molar-refractivity contribution is -0.118. The van der Waals surface area contributed by atoms with Gasteiger partial charge in [0.05, 0.1) is 21.7 Å². The molecular formula is C27H28ClN5O2. The molecule has 0 atom stereocenters. The maximum atomic E-state index is 11.6. The molecule has 2 N–H and O–H groups in total. The summed E-state index contributed by atoms with van der Waals surface area (Å²) in [5.41, 5.74) is 4.92. The van der Waals surface area contributed by atoms with Gasteiger partial charge in [0, 0.05) is 29.5 Å². The summed E-state index contributed by atoms with van der Waals surface area (Å²) in [5.74, 6) is 0.983. The second kappa shape index (κ2) is 8.57. The van der Waals surface area contributed by atoms with E-state index in [1.54, 1.807) is 6.20 Å². The van der Waals surface area contributed by atoms with Crippen LogP contribution in [-0.4, -0.2) is 33.0 Å². The Labute approximate surface area is 209 Å². The zero-order valence-electron chi connectivity index (χ0n) is 19.7. The zero-order valence-corrected chi connectivity index (χ0v) is 20.5. The Balaban J connectivity index is 1.14. The van der Waals surface area contributed by atoms with Gasteiger partial charge in [0.2, 0.25) is 0 Å². The Bertz CT molecular complexity index is 1330. The van der Waals surface area contributed by atoms with Crippen molar-refractivity contribution in [2.45, 2.75) is 57.5 Å². The minimum atomic E-state index is -0.162. The topological polar surface area (TPSA) is 89.0 Å². The van der Waals surface area contributed by atoms with E-state index >= 15 is 0 Å². The van der Waals surface area contributed by atoms with Crippen LogP contribution in [-0.2, 0) is 11.3 Å². The highest BCUT2D eigenvalue weighted by Gasteiger charge is 2.47. The summed E-state index contributed by atoms with van der Waals surface area (Å²) in [6.45, 7) is 2.71. The largest absolute Gasteiger partial charge is 0.480 e. The molecule has 0 unspecified atom stereocenters. The number of rotatable bonds is 5. The Kier molecular flexibility index (Phi) is 5.49. The summed E-state index contributed by atoms with van der Waals surface area (Å²) in [6, 6.07) is 7.84. The highest BCUT2D eigenvalue weighted by Crippen LogP contribution is 2.53. The number of pyridine rings is 3. The van der Waals surface area contributed by atoms with Crippen molar-refractivity contribution in [3.63, 3.8) is 0 Å². The first kappa shape index (κ1) is 22.4. The van der Waals surface area contributed by atoms with E-state index in [2.05, 4.69) is 32.8 Å². The summed E-state index contributed by atoms with van der Waals surface area (Å²) >= 11 is 6.54. The van der Waals surface area contributed by atoms with Crippen LogP contribution in [0.5, 0.6) is 5.75 Å². The van der Waals surface area contributed by atoms with Crippen LogP contribution in [0.25, 0.3) is 17.1 Å². The van der Waals surface area contributed by atoms with Gasteiger partial charge in [-0.3, -0.25) is 14.8 Å². The normalized spacial score (nSPS) is 25.5. The lowest BCUT2D eigenvalue weighted by Crippen LogP contribution is -2.54. The molecule has 2 bridgehead atoms. The number of hydrogen-bond donors (Lipinski definition) is 2. The molecule has 3 saturated carbocycles. The third-order valence-electron chi connectivity index (χ3n) is 7.93. The molecule has 3 aromatic heterocycles. The number of nitrogens with one attached hydrogen (secondary N) is 2. The number of nitrogens with zero attached hydrogens (tertiary/aromatic N) is 3. The maximum absolute atomic E-state index is 11.6. The average molecular weight is 490 g/mol. The summed E-state index contributed by atoms with van der Waals surface area (Å²) in [5, 5.41) is 7.24. The predicted octanol–water partition coefficient (Wildman–Crippen LogP) is 5.21. The van der Waals surface area contributed by atoms with E-state index in [1.807, 2.05) is 31.2 Å². The van der Waals surface area contributed by atoms with Gasteiger partial charge in [-0.05, 0) is 75.1 Å². The van der Waals surface area contributed by atoms with Crippen molar-refractivity contribution in [1.29, 1.82) is 0 Å². The van der Waals surface area contributed by atoms with Gasteiger partial charge in [0.25, 0.3) is 5.91 Å². The van der Waals surface area contributed by atoms with E-state index < -0.39 is 0 Å². The highest BCUT2D eigenvalue weighted by molar-refractivity contribution is 6.32. The Morgan fingerprint density at radius 3 is 2.71 bits per heavy atom. The Morgan fingerprint density at radius 1 is 1.11 bits per heavy atom. The number of aromatic nitrogens is 3. The van der Waals surface area contributed by atoms with Crippen LogP contribution in [0.3, 0.4) is 0 Å². The van der Waals surface area contributed by atoms with E-state index in [1.165, 1.54) is 0 Å². The van der Waals surface area contributed by atoms with Gasteiger partial charge in [-0.25, -0.2) is 4.98 Å². The summed E-state index contributed by atoms with van der Waals surface area (Å²) in [7, 11) is 0. The molecule has 8 heteroatoms. The Hall–Kier alpha value is -3.03. The summed E-state index contributed by atoms with van der Waals surface area (Å²) in [6.07, 6.45) is 13.1. The molecule has 3 aromatic rings. The highest BCUT2D eigenvalue weighted by atomic mass is 35.5. The first-order chi connectivity index (χ1) is 16.9. The van der Waals surface area contributed by atoms with Gasteiger partial charge in [-0.1, -0.05) is 23.8 Å². The van der Waals surface area contributed by atoms with Crippen LogP contribution in [0, 0.1) is 12.3 Å². The fourth-order valence-electron chi connectivity index (χ4n) is 5.69. The lowest BCUT2D eigenvalue weighted by Gasteiger charge is -2.53. The van der Waals surface area contributed by atoms with Gasteiger partial charge in [-0.15, -0.1) is 0 Å². The Morgan fingerprint density at radius 2 is 1.91 bits per heavy atom. The predicted molar refractivity (Wildman–Crippen MR) is 136 cm³/mol. The van der Waals surface area contributed by atoms with E-state index in [0.29, 0.717) is 23.1 Å². The lowest BCUT2D eigenvalue weighted by atomic mass is 9.57. The standard InChI is InChI=1S/C27H28ClN5O2/c1-17-2-4-21-24(31-17)19(20(28)15-29-21)6-7-26-8-11-27(12-9-26,13-10-26)30-14-18-3-5-22-25(32-18)33-23(34)16-35-22/h2-7,15,30H,8-14,16H2,1H3,(H,32,33,34)/b7-6-. The molecule has 7 rings (SSSR count). The second-order valence-electron chi connectivity index (χ2n) is 10.2. The first-order valence-corrected chi connectivity index (χ1v) is 12.6. The minimum absolute atomic E-state index is 0.0470. The number of aryl methyl sites for hydroxylation is 1. The summed E-state index contributed by atoms with van der Waals surface area (Å²) < 4.78 is 5.42. The van der Waals surface area contributed by atoms with Crippen LogP contribution >= 0.6 is 11.6 Å². The van der Waals surface area contributed by atoms with Crippen LogP contribution in [0.2, 0.25) is 5.02 Å². The van der Waals surface area contributed by atoms with Gasteiger partial charge < -0.3 is 15.4 Å². The third-order valence-corrected chi connectivity index (χ3v) is 8.23. The molecule has 0 radical (unpaired) electrons. The minimum Gasteiger partial charge on any atom is -0.480 e. The van der Waals surface area contributed by atoms with Crippen molar-refractivity contribution in [2.75, 3.05) is 11.9 Å². The number of hydrogen-bond acceptors (Lipinski definition) is 6.